The summed E-state index contributed by atoms with van der Waals surface area (Å²) in [6.45, 7) is 7.53. The number of ether oxygens (including phenoxy) is 2. The molecule has 138 valence electrons. The molecule has 3 rings (SSSR count). The Hall–Kier alpha value is -2.53. The summed E-state index contributed by atoms with van der Waals surface area (Å²) in [6, 6.07) is 16.5. The van der Waals surface area contributed by atoms with Crippen molar-refractivity contribution < 1.29 is 9.47 Å². The van der Waals surface area contributed by atoms with Crippen LogP contribution in [0.1, 0.15) is 18.1 Å². The van der Waals surface area contributed by atoms with Crippen LogP contribution in [0.15, 0.2) is 53.6 Å². The maximum Gasteiger partial charge on any atom is 0.161 e. The van der Waals surface area contributed by atoms with Crippen LogP contribution in [0.25, 0.3) is 0 Å². The summed E-state index contributed by atoms with van der Waals surface area (Å²) in [5.74, 6) is 1.50. The van der Waals surface area contributed by atoms with Crippen LogP contribution in [0.2, 0.25) is 0 Å². The van der Waals surface area contributed by atoms with Gasteiger partial charge in [-0.1, -0.05) is 30.3 Å². The molecule has 0 aromatic heterocycles. The van der Waals surface area contributed by atoms with Crippen LogP contribution < -0.4 is 9.47 Å². The Morgan fingerprint density at radius 3 is 2.46 bits per heavy atom. The standard InChI is InChI=1S/C21H27N3O2/c1-3-26-20-10-9-19(15-21(20)25-2)16-22-24-13-11-23(12-14-24)17-18-7-5-4-6-8-18/h4-10,15-16H,3,11-14,17H2,1-2H3. The molecular weight excluding hydrogens is 326 g/mol. The SMILES string of the molecule is CCOc1ccc(C=NN2CCN(Cc3ccccc3)CC2)cc1OC. The Morgan fingerprint density at radius 2 is 1.77 bits per heavy atom. The molecule has 26 heavy (non-hydrogen) atoms. The van der Waals surface area contributed by atoms with Gasteiger partial charge in [0.25, 0.3) is 0 Å². The molecule has 2 aromatic rings. The molecule has 2 aromatic carbocycles. The third kappa shape index (κ3) is 4.99. The molecule has 1 aliphatic rings. The van der Waals surface area contributed by atoms with E-state index in [2.05, 4.69) is 45.3 Å². The van der Waals surface area contributed by atoms with Crippen LogP contribution in [-0.2, 0) is 6.54 Å². The van der Waals surface area contributed by atoms with Crippen LogP contribution in [0.5, 0.6) is 11.5 Å². The first-order chi connectivity index (χ1) is 12.8. The molecule has 0 saturated carbocycles. The molecule has 0 N–H and O–H groups in total. The van der Waals surface area contributed by atoms with E-state index in [0.717, 1.165) is 49.8 Å². The van der Waals surface area contributed by atoms with Gasteiger partial charge in [-0.25, -0.2) is 0 Å². The van der Waals surface area contributed by atoms with Gasteiger partial charge in [0.2, 0.25) is 0 Å². The minimum Gasteiger partial charge on any atom is -0.493 e. The average molecular weight is 353 g/mol. The van der Waals surface area contributed by atoms with Crippen molar-refractivity contribution in [2.75, 3.05) is 39.9 Å². The molecule has 0 amide bonds. The Morgan fingerprint density at radius 1 is 1.00 bits per heavy atom. The average Bonchev–Trinajstić information content (AvgIpc) is 2.69. The molecular formula is C21H27N3O2. The van der Waals surface area contributed by atoms with E-state index < -0.39 is 0 Å². The number of nitrogens with zero attached hydrogens (tertiary/aromatic N) is 3. The maximum absolute atomic E-state index is 5.55. The van der Waals surface area contributed by atoms with Crippen molar-refractivity contribution in [1.29, 1.82) is 0 Å². The third-order valence-electron chi connectivity index (χ3n) is 4.46. The fraction of sp³-hybridized carbons (Fsp3) is 0.381. The summed E-state index contributed by atoms with van der Waals surface area (Å²) >= 11 is 0. The number of methoxy groups -OCH3 is 1. The highest BCUT2D eigenvalue weighted by Gasteiger charge is 2.15. The zero-order valence-electron chi connectivity index (χ0n) is 15.6. The maximum atomic E-state index is 5.55. The lowest BCUT2D eigenvalue weighted by atomic mass is 10.2. The molecule has 5 nitrogen and oxygen atoms in total. The highest BCUT2D eigenvalue weighted by atomic mass is 16.5. The summed E-state index contributed by atoms with van der Waals surface area (Å²) in [7, 11) is 1.66. The van der Waals surface area contributed by atoms with Crippen LogP contribution >= 0.6 is 0 Å². The zero-order chi connectivity index (χ0) is 18.2. The number of hydrogen-bond acceptors (Lipinski definition) is 5. The van der Waals surface area contributed by atoms with Crippen molar-refractivity contribution in [2.24, 2.45) is 5.10 Å². The van der Waals surface area contributed by atoms with Gasteiger partial charge in [-0.3, -0.25) is 9.91 Å². The van der Waals surface area contributed by atoms with E-state index in [1.165, 1.54) is 5.56 Å². The molecule has 1 saturated heterocycles. The normalized spacial score (nSPS) is 15.4. The molecule has 0 aliphatic carbocycles. The lowest BCUT2D eigenvalue weighted by Gasteiger charge is -2.33. The van der Waals surface area contributed by atoms with Gasteiger partial charge >= 0.3 is 0 Å². The summed E-state index contributed by atoms with van der Waals surface area (Å²) in [4.78, 5) is 2.47. The van der Waals surface area contributed by atoms with E-state index >= 15 is 0 Å². The second-order valence-corrected chi connectivity index (χ2v) is 6.30. The number of piperazine rings is 1. The van der Waals surface area contributed by atoms with Crippen LogP contribution in [-0.4, -0.2) is 56.0 Å². The summed E-state index contributed by atoms with van der Waals surface area (Å²) in [6.07, 6.45) is 1.89. The summed E-state index contributed by atoms with van der Waals surface area (Å²) in [5.41, 5.74) is 2.38. The second-order valence-electron chi connectivity index (χ2n) is 6.30. The van der Waals surface area contributed by atoms with Gasteiger partial charge < -0.3 is 9.47 Å². The van der Waals surface area contributed by atoms with Crippen molar-refractivity contribution in [3.05, 3.63) is 59.7 Å². The minimum absolute atomic E-state index is 0.622. The van der Waals surface area contributed by atoms with Gasteiger partial charge in [0, 0.05) is 32.7 Å². The first-order valence-electron chi connectivity index (χ1n) is 9.14. The smallest absolute Gasteiger partial charge is 0.161 e. The lowest BCUT2D eigenvalue weighted by Crippen LogP contribution is -2.43. The van der Waals surface area contributed by atoms with E-state index in [-0.39, 0.29) is 0 Å². The number of hydrazone groups is 1. The predicted molar refractivity (Wildman–Crippen MR) is 105 cm³/mol. The number of hydrogen-bond donors (Lipinski definition) is 0. The molecule has 0 bridgehead atoms. The van der Waals surface area contributed by atoms with E-state index in [1.807, 2.05) is 31.3 Å². The van der Waals surface area contributed by atoms with Crippen molar-refractivity contribution in [3.63, 3.8) is 0 Å². The van der Waals surface area contributed by atoms with Crippen LogP contribution in [0.3, 0.4) is 0 Å². The highest BCUT2D eigenvalue weighted by molar-refractivity contribution is 5.80. The van der Waals surface area contributed by atoms with Crippen molar-refractivity contribution in [3.8, 4) is 11.5 Å². The predicted octanol–water partition coefficient (Wildman–Crippen LogP) is 3.25. The van der Waals surface area contributed by atoms with Crippen molar-refractivity contribution in [2.45, 2.75) is 13.5 Å². The topological polar surface area (TPSA) is 37.3 Å². The molecule has 1 heterocycles. The van der Waals surface area contributed by atoms with Crippen molar-refractivity contribution >= 4 is 6.21 Å². The zero-order valence-corrected chi connectivity index (χ0v) is 15.6. The second kappa shape index (κ2) is 9.25. The van der Waals surface area contributed by atoms with Gasteiger partial charge in [-0.2, -0.15) is 5.10 Å². The van der Waals surface area contributed by atoms with Crippen LogP contribution in [0, 0.1) is 0 Å². The van der Waals surface area contributed by atoms with E-state index in [0.29, 0.717) is 6.61 Å². The van der Waals surface area contributed by atoms with Crippen LogP contribution in [0.4, 0.5) is 0 Å². The van der Waals surface area contributed by atoms with E-state index in [1.54, 1.807) is 7.11 Å². The Labute approximate surface area is 155 Å². The first-order valence-corrected chi connectivity index (χ1v) is 9.14. The number of benzene rings is 2. The van der Waals surface area contributed by atoms with Gasteiger partial charge in [0.15, 0.2) is 11.5 Å². The summed E-state index contributed by atoms with van der Waals surface area (Å²) in [5, 5.41) is 6.76. The fourth-order valence-corrected chi connectivity index (χ4v) is 3.04. The molecule has 0 atom stereocenters. The van der Waals surface area contributed by atoms with E-state index in [4.69, 9.17) is 9.47 Å². The molecule has 0 spiro atoms. The van der Waals surface area contributed by atoms with Crippen molar-refractivity contribution in [1.82, 2.24) is 9.91 Å². The monoisotopic (exact) mass is 353 g/mol. The van der Waals surface area contributed by atoms with Gasteiger partial charge in [0.05, 0.1) is 19.9 Å². The first kappa shape index (κ1) is 18.3. The Bertz CT molecular complexity index is 710. The molecule has 0 unspecified atom stereocenters. The molecule has 1 fully saturated rings. The molecule has 0 radical (unpaired) electrons. The van der Waals surface area contributed by atoms with E-state index in [9.17, 15) is 0 Å². The minimum atomic E-state index is 0.622. The summed E-state index contributed by atoms with van der Waals surface area (Å²) < 4.78 is 10.9. The third-order valence-corrected chi connectivity index (χ3v) is 4.46. The molecule has 5 heteroatoms. The van der Waals surface area contributed by atoms with Gasteiger partial charge in [-0.05, 0) is 36.2 Å². The number of rotatable bonds is 7. The largest absolute Gasteiger partial charge is 0.493 e. The lowest BCUT2D eigenvalue weighted by molar-refractivity contribution is 0.131. The van der Waals surface area contributed by atoms with Gasteiger partial charge in [-0.15, -0.1) is 0 Å². The highest BCUT2D eigenvalue weighted by Crippen LogP contribution is 2.27. The Balaban J connectivity index is 1.52. The Kier molecular flexibility index (Phi) is 6.50. The molecule has 1 aliphatic heterocycles. The van der Waals surface area contributed by atoms with Gasteiger partial charge in [0.1, 0.15) is 0 Å². The quantitative estimate of drug-likeness (QED) is 0.716. The fourth-order valence-electron chi connectivity index (χ4n) is 3.04.